The predicted molar refractivity (Wildman–Crippen MR) is 326 cm³/mol. The smallest absolute Gasteiger partial charge is 0.425 e. The highest BCUT2D eigenvalue weighted by Gasteiger charge is 2.26. The maximum atomic E-state index is 12.7. The molecule has 0 atom stereocenters. The standard InChI is InChI=1S/C47H44N10O15S6.CH4O3S.2O3S/c1-5-12-71-38-20-28(77(65,66)67)19-30-29(38)21-41(78(68,69)70)43-44(30)74-47(50-43)56-52-34-23-40(73-14-9-16-76(62,63)64)36(18-26(34)3)54-51-33-22-39(72-13-8-15-75(59,60)61)35(17-25(33)2)53-55-42-27(4)31(24-48)45-49-32-10-6-7-11-37(32)57(45)46(42)58;1-5(2,3)4;2*1-4(2)3/h6-7,10-11,17-23,58H,5,8-9,12-16H2,1-4H3,(H,59,60,61)(H,62,63,64)(H,65,66,67)(H,68,69,70);1H3,(H,2,3,4);;. The minimum absolute atomic E-state index is 0.0142. The highest BCUT2D eigenvalue weighted by Crippen LogP contribution is 2.45. The average Bonchev–Trinajstić information content (AvgIpc) is 1.70. The summed E-state index contributed by atoms with van der Waals surface area (Å²) >= 11 is 1.93. The van der Waals surface area contributed by atoms with Crippen LogP contribution in [0.25, 0.3) is 37.7 Å². The fraction of sp³-hybridized carbons (Fsp3) is 0.271. The molecule has 0 aliphatic rings. The zero-order chi connectivity index (χ0) is 68.1. The van der Waals surface area contributed by atoms with Gasteiger partial charge in [0, 0.05) is 33.4 Å². The molecule has 0 aliphatic carbocycles. The SMILES string of the molecule is CCCOc1cc(S(=O)(=O)O)cc2c1cc(S(=O)(=O)O)c1nc(N=Nc3cc(SCCCS(=O)(=O)O)c(N=Nc4cc(OCCCS(=O)(=O)O)c(N=Nc5c(C)c(C#N)c6nc7ccccc7n6c5O)cc4C)cc3C)sc12.CS(=O)(=O)O.O=S(=O)=O.O=S(=O)=O. The summed E-state index contributed by atoms with van der Waals surface area (Å²) in [6.45, 7) is 6.56. The third-order valence-electron chi connectivity index (χ3n) is 11.5. The minimum atomic E-state index is -4.95. The number of para-hydroxylation sites is 2. The molecule has 3 heterocycles. The number of aryl methyl sites for hydroxylation is 2. The van der Waals surface area contributed by atoms with Crippen molar-refractivity contribution in [3.63, 3.8) is 0 Å². The highest BCUT2D eigenvalue weighted by atomic mass is 32.2. The van der Waals surface area contributed by atoms with Crippen molar-refractivity contribution in [1.29, 1.82) is 5.26 Å². The van der Waals surface area contributed by atoms with Crippen LogP contribution in [0, 0.1) is 32.1 Å². The Hall–Kier alpha value is -7.97. The Morgan fingerprint density at radius 2 is 1.21 bits per heavy atom. The second-order valence-corrected chi connectivity index (χ2v) is 28.7. The summed E-state index contributed by atoms with van der Waals surface area (Å²) in [5, 5.41) is 48.1. The summed E-state index contributed by atoms with van der Waals surface area (Å²) in [6, 6.07) is 18.4. The van der Waals surface area contributed by atoms with Crippen LogP contribution in [0.3, 0.4) is 0 Å². The maximum Gasteiger partial charge on any atom is 0.425 e. The number of nitriles is 1. The topological polar surface area (TPSA) is 541 Å². The van der Waals surface area contributed by atoms with Gasteiger partial charge in [-0.25, -0.2) is 9.97 Å². The second kappa shape index (κ2) is 30.9. The first-order valence-electron chi connectivity index (χ1n) is 24.9. The Morgan fingerprint density at radius 1 is 0.659 bits per heavy atom. The molecule has 3 aromatic heterocycles. The van der Waals surface area contributed by atoms with E-state index in [9.17, 15) is 70.7 Å². The molecule has 0 aliphatic heterocycles. The van der Waals surface area contributed by atoms with Crippen LogP contribution in [-0.2, 0) is 71.8 Å². The zero-order valence-electron chi connectivity index (χ0n) is 47.2. The predicted octanol–water partition coefficient (Wildman–Crippen LogP) is 8.80. The number of imidazole rings is 1. The van der Waals surface area contributed by atoms with Crippen LogP contribution in [0.2, 0.25) is 0 Å². The second-order valence-electron chi connectivity index (χ2n) is 18.3. The molecule has 34 nitrogen and oxygen atoms in total. The number of azo groups is 3. The number of thiazole rings is 1. The van der Waals surface area contributed by atoms with E-state index in [1.165, 1.54) is 16.5 Å². The molecule has 91 heavy (non-hydrogen) atoms. The molecular weight excluding hydrogens is 1390 g/mol. The molecule has 8 rings (SSSR count). The lowest BCUT2D eigenvalue weighted by Crippen LogP contribution is -2.08. The first-order valence-corrected chi connectivity index (χ1v) is 36.6. The summed E-state index contributed by atoms with van der Waals surface area (Å²) < 4.78 is 225. The van der Waals surface area contributed by atoms with E-state index in [4.69, 9.17) is 39.3 Å². The number of benzene rings is 5. The number of hydrogen-bond acceptors (Lipinski definition) is 30. The van der Waals surface area contributed by atoms with Crippen molar-refractivity contribution in [3.8, 4) is 23.4 Å². The third kappa shape index (κ3) is 21.6. The molecule has 0 saturated carbocycles. The molecule has 5 aromatic carbocycles. The molecular formula is C48H48N10O24S9. The highest BCUT2D eigenvalue weighted by molar-refractivity contribution is 7.99. The summed E-state index contributed by atoms with van der Waals surface area (Å²) in [5.74, 6) is -1.42. The van der Waals surface area contributed by atoms with E-state index in [-0.39, 0.29) is 121 Å². The molecule has 8 aromatic rings. The molecule has 0 saturated heterocycles. The van der Waals surface area contributed by atoms with Gasteiger partial charge >= 0.3 is 21.2 Å². The summed E-state index contributed by atoms with van der Waals surface area (Å²) in [6.07, 6.45) is 1.08. The maximum absolute atomic E-state index is 12.7. The molecule has 0 spiro atoms. The number of ether oxygens (including phenoxy) is 2. The van der Waals surface area contributed by atoms with Gasteiger partial charge in [-0.1, -0.05) is 30.4 Å². The molecule has 488 valence electrons. The monoisotopic (exact) mass is 1440 g/mol. The van der Waals surface area contributed by atoms with E-state index in [2.05, 4.69) is 46.7 Å². The van der Waals surface area contributed by atoms with E-state index in [0.717, 1.165) is 41.3 Å². The summed E-state index contributed by atoms with van der Waals surface area (Å²) in [4.78, 5) is 8.06. The van der Waals surface area contributed by atoms with Crippen LogP contribution < -0.4 is 9.47 Å². The van der Waals surface area contributed by atoms with Crippen molar-refractivity contribution in [1.82, 2.24) is 14.4 Å². The summed E-state index contributed by atoms with van der Waals surface area (Å²) in [5.41, 5.74) is 3.06. The van der Waals surface area contributed by atoms with Gasteiger partial charge in [0.2, 0.25) is 11.0 Å². The van der Waals surface area contributed by atoms with Crippen LogP contribution in [0.1, 0.15) is 48.4 Å². The Balaban J connectivity index is 0.00000105. The number of hydrogen-bond donors (Lipinski definition) is 6. The van der Waals surface area contributed by atoms with Crippen molar-refractivity contribution < 1.29 is 105 Å². The van der Waals surface area contributed by atoms with E-state index in [1.54, 1.807) is 64.1 Å². The van der Waals surface area contributed by atoms with Crippen LogP contribution in [-0.4, -0.2) is 146 Å². The Morgan fingerprint density at radius 3 is 1.79 bits per heavy atom. The lowest BCUT2D eigenvalue weighted by Gasteiger charge is -2.12. The van der Waals surface area contributed by atoms with Crippen LogP contribution in [0.4, 0.5) is 33.6 Å². The third-order valence-corrected chi connectivity index (χ3v) is 16.9. The van der Waals surface area contributed by atoms with Crippen molar-refractivity contribution in [2.24, 2.45) is 30.7 Å². The van der Waals surface area contributed by atoms with Gasteiger partial charge < -0.3 is 14.6 Å². The number of pyridine rings is 1. The molecule has 43 heteroatoms. The van der Waals surface area contributed by atoms with Gasteiger partial charge in [-0.3, -0.25) is 27.2 Å². The molecule has 6 N–H and O–H groups in total. The van der Waals surface area contributed by atoms with Gasteiger partial charge in [-0.15, -0.1) is 62.6 Å². The number of rotatable bonds is 21. The van der Waals surface area contributed by atoms with Crippen molar-refractivity contribution in [3.05, 3.63) is 89.0 Å². The van der Waals surface area contributed by atoms with Gasteiger partial charge in [0.1, 0.15) is 39.2 Å². The van der Waals surface area contributed by atoms with E-state index >= 15 is 0 Å². The van der Waals surface area contributed by atoms with Gasteiger partial charge in [0.25, 0.3) is 50.6 Å². The molecule has 0 radical (unpaired) electrons. The number of nitrogens with zero attached hydrogens (tertiary/aromatic N) is 10. The Kier molecular flexibility index (Phi) is 25.0. The quantitative estimate of drug-likeness (QED) is 0.0169. The van der Waals surface area contributed by atoms with E-state index in [0.29, 0.717) is 39.7 Å². The first kappa shape index (κ1) is 73.8. The van der Waals surface area contributed by atoms with E-state index < -0.39 is 93.1 Å². The number of thioether (sulfide) groups is 1. The molecule has 0 amide bonds. The summed E-state index contributed by atoms with van der Waals surface area (Å²) in [7, 11) is -28.3. The number of fused-ring (bicyclic) bond motifs is 6. The average molecular weight is 1440 g/mol. The van der Waals surface area contributed by atoms with Crippen molar-refractivity contribution in [2.75, 3.05) is 36.7 Å². The lowest BCUT2D eigenvalue weighted by molar-refractivity contribution is 0.317. The first-order chi connectivity index (χ1) is 42.2. The zero-order valence-corrected chi connectivity index (χ0v) is 54.5. The lowest BCUT2D eigenvalue weighted by atomic mass is 10.1. The van der Waals surface area contributed by atoms with Gasteiger partial charge in [-0.05, 0) is 99.4 Å². The molecule has 0 bridgehead atoms. The Labute approximate surface area is 528 Å². The van der Waals surface area contributed by atoms with Crippen LogP contribution in [0.5, 0.6) is 17.4 Å². The van der Waals surface area contributed by atoms with Crippen molar-refractivity contribution in [2.45, 2.75) is 61.6 Å². The number of aromatic hydroxyl groups is 1. The molecule has 0 fully saturated rings. The normalized spacial score (nSPS) is 12.2. The largest absolute Gasteiger partial charge is 0.493 e. The number of aromatic nitrogens is 3. The van der Waals surface area contributed by atoms with Gasteiger partial charge in [-0.2, -0.15) is 52.5 Å². The van der Waals surface area contributed by atoms with Crippen LogP contribution in [0.15, 0.2) is 112 Å². The fourth-order valence-electron chi connectivity index (χ4n) is 7.82. The van der Waals surface area contributed by atoms with Gasteiger partial charge in [0.05, 0.1) is 68.7 Å². The van der Waals surface area contributed by atoms with Crippen molar-refractivity contribution >= 4 is 166 Å². The van der Waals surface area contributed by atoms with Crippen LogP contribution >= 0.6 is 23.1 Å². The van der Waals surface area contributed by atoms with Gasteiger partial charge in [0.15, 0.2) is 11.3 Å². The minimum Gasteiger partial charge on any atom is -0.493 e. The Bertz CT molecular complexity index is 5090. The fourth-order valence-corrected chi connectivity index (χ4v) is 12.1. The molecule has 0 unspecified atom stereocenters. The van der Waals surface area contributed by atoms with E-state index in [1.807, 2.05) is 0 Å².